The Morgan fingerprint density at radius 3 is 2.74 bits per heavy atom. The standard InChI is InChI=1S/C17H23N5O/c1-3-21-9-11-22(12-10-21)16-7-8-18-17(20-16)19-14-5-4-6-15(13-14)23-2/h4-8,13H,3,9-12H2,1-2H3,(H,18,19,20). The second kappa shape index (κ2) is 7.28. The van der Waals surface area contributed by atoms with Gasteiger partial charge < -0.3 is 19.9 Å². The van der Waals surface area contributed by atoms with Crippen molar-refractivity contribution < 1.29 is 4.74 Å². The predicted molar refractivity (Wildman–Crippen MR) is 92.6 cm³/mol. The molecule has 2 aromatic rings. The molecule has 1 aromatic carbocycles. The zero-order valence-electron chi connectivity index (χ0n) is 13.7. The molecule has 6 nitrogen and oxygen atoms in total. The lowest BCUT2D eigenvalue weighted by atomic mass is 10.3. The molecule has 1 saturated heterocycles. The van der Waals surface area contributed by atoms with E-state index in [4.69, 9.17) is 4.74 Å². The van der Waals surface area contributed by atoms with Crippen molar-refractivity contribution in [1.82, 2.24) is 14.9 Å². The summed E-state index contributed by atoms with van der Waals surface area (Å²) in [5, 5.41) is 3.24. The van der Waals surface area contributed by atoms with Gasteiger partial charge in [-0.25, -0.2) is 4.98 Å². The first kappa shape index (κ1) is 15.6. The van der Waals surface area contributed by atoms with Gasteiger partial charge >= 0.3 is 0 Å². The van der Waals surface area contributed by atoms with E-state index in [0.717, 1.165) is 50.0 Å². The molecule has 6 heteroatoms. The number of ether oxygens (including phenoxy) is 1. The van der Waals surface area contributed by atoms with Gasteiger partial charge in [-0.2, -0.15) is 4.98 Å². The number of aromatic nitrogens is 2. The number of piperazine rings is 1. The molecule has 122 valence electrons. The van der Waals surface area contributed by atoms with Crippen LogP contribution in [0.15, 0.2) is 36.5 Å². The van der Waals surface area contributed by atoms with Crippen molar-refractivity contribution in [3.8, 4) is 5.75 Å². The summed E-state index contributed by atoms with van der Waals surface area (Å²) in [7, 11) is 1.66. The highest BCUT2D eigenvalue weighted by Gasteiger charge is 2.17. The molecule has 1 aliphatic rings. The molecule has 0 unspecified atom stereocenters. The minimum absolute atomic E-state index is 0.605. The van der Waals surface area contributed by atoms with E-state index in [1.807, 2.05) is 30.3 Å². The Balaban J connectivity index is 1.70. The van der Waals surface area contributed by atoms with E-state index in [2.05, 4.69) is 32.0 Å². The average Bonchev–Trinajstić information content (AvgIpc) is 2.62. The van der Waals surface area contributed by atoms with Gasteiger partial charge in [-0.3, -0.25) is 0 Å². The first-order valence-electron chi connectivity index (χ1n) is 8.00. The second-order valence-corrected chi connectivity index (χ2v) is 5.52. The average molecular weight is 313 g/mol. The molecule has 23 heavy (non-hydrogen) atoms. The number of benzene rings is 1. The van der Waals surface area contributed by atoms with Crippen molar-refractivity contribution in [3.63, 3.8) is 0 Å². The minimum atomic E-state index is 0.605. The van der Waals surface area contributed by atoms with Crippen LogP contribution in [0.5, 0.6) is 5.75 Å². The van der Waals surface area contributed by atoms with Crippen molar-refractivity contribution in [1.29, 1.82) is 0 Å². The van der Waals surface area contributed by atoms with Crippen molar-refractivity contribution in [2.75, 3.05) is 50.1 Å². The third-order valence-corrected chi connectivity index (χ3v) is 4.11. The van der Waals surface area contributed by atoms with Gasteiger partial charge in [0.25, 0.3) is 0 Å². The summed E-state index contributed by atoms with van der Waals surface area (Å²) in [6.45, 7) is 7.49. The van der Waals surface area contributed by atoms with Crippen LogP contribution in [-0.4, -0.2) is 54.7 Å². The summed E-state index contributed by atoms with van der Waals surface area (Å²) < 4.78 is 5.24. The SMILES string of the molecule is CCN1CCN(c2ccnc(Nc3cccc(OC)c3)n2)CC1. The van der Waals surface area contributed by atoms with Gasteiger partial charge in [-0.1, -0.05) is 13.0 Å². The smallest absolute Gasteiger partial charge is 0.229 e. The molecular formula is C17H23N5O. The number of likely N-dealkylation sites (N-methyl/N-ethyl adjacent to an activating group) is 1. The lowest BCUT2D eigenvalue weighted by Gasteiger charge is -2.34. The van der Waals surface area contributed by atoms with Gasteiger partial charge in [0.05, 0.1) is 7.11 Å². The summed E-state index contributed by atoms with van der Waals surface area (Å²) in [4.78, 5) is 13.7. The lowest BCUT2D eigenvalue weighted by molar-refractivity contribution is 0.270. The highest BCUT2D eigenvalue weighted by atomic mass is 16.5. The Hall–Kier alpha value is -2.34. The quantitative estimate of drug-likeness (QED) is 0.914. The maximum absolute atomic E-state index is 5.24. The summed E-state index contributed by atoms with van der Waals surface area (Å²) in [5.74, 6) is 2.39. The molecule has 0 bridgehead atoms. The molecular weight excluding hydrogens is 290 g/mol. The number of rotatable bonds is 5. The molecule has 0 atom stereocenters. The van der Waals surface area contributed by atoms with E-state index < -0.39 is 0 Å². The Kier molecular flexibility index (Phi) is 4.92. The molecule has 0 saturated carbocycles. The van der Waals surface area contributed by atoms with E-state index in [1.54, 1.807) is 13.3 Å². The van der Waals surface area contributed by atoms with Crippen LogP contribution in [0, 0.1) is 0 Å². The lowest BCUT2D eigenvalue weighted by Crippen LogP contribution is -2.46. The van der Waals surface area contributed by atoms with Gasteiger partial charge in [0.2, 0.25) is 5.95 Å². The van der Waals surface area contributed by atoms with Crippen molar-refractivity contribution in [3.05, 3.63) is 36.5 Å². The number of hydrogen-bond donors (Lipinski definition) is 1. The fraction of sp³-hybridized carbons (Fsp3) is 0.412. The van der Waals surface area contributed by atoms with Crippen LogP contribution >= 0.6 is 0 Å². The van der Waals surface area contributed by atoms with E-state index >= 15 is 0 Å². The number of nitrogens with zero attached hydrogens (tertiary/aromatic N) is 4. The number of methoxy groups -OCH3 is 1. The number of nitrogens with one attached hydrogen (secondary N) is 1. The van der Waals surface area contributed by atoms with Gasteiger partial charge in [0.15, 0.2) is 0 Å². The molecule has 0 aliphatic carbocycles. The largest absolute Gasteiger partial charge is 0.497 e. The molecule has 0 radical (unpaired) electrons. The summed E-state index contributed by atoms with van der Waals surface area (Å²) in [5.41, 5.74) is 0.914. The van der Waals surface area contributed by atoms with Crippen LogP contribution in [0.25, 0.3) is 0 Å². The third-order valence-electron chi connectivity index (χ3n) is 4.11. The molecule has 1 N–H and O–H groups in total. The predicted octanol–water partition coefficient (Wildman–Crippen LogP) is 2.37. The van der Waals surface area contributed by atoms with Crippen molar-refractivity contribution in [2.45, 2.75) is 6.92 Å². The normalized spacial score (nSPS) is 15.5. The Morgan fingerprint density at radius 1 is 1.17 bits per heavy atom. The zero-order chi connectivity index (χ0) is 16.1. The highest BCUT2D eigenvalue weighted by molar-refractivity contribution is 5.57. The van der Waals surface area contributed by atoms with Gasteiger partial charge in [0, 0.05) is 44.1 Å². The van der Waals surface area contributed by atoms with Crippen LogP contribution in [0.3, 0.4) is 0 Å². The Bertz CT molecular complexity index is 640. The number of anilines is 3. The van der Waals surface area contributed by atoms with E-state index in [0.29, 0.717) is 5.95 Å². The van der Waals surface area contributed by atoms with Crippen LogP contribution in [0.4, 0.5) is 17.5 Å². The van der Waals surface area contributed by atoms with Crippen LogP contribution < -0.4 is 15.0 Å². The monoisotopic (exact) mass is 313 g/mol. The highest BCUT2D eigenvalue weighted by Crippen LogP contribution is 2.21. The van der Waals surface area contributed by atoms with Crippen molar-refractivity contribution >= 4 is 17.5 Å². The topological polar surface area (TPSA) is 53.5 Å². The summed E-state index contributed by atoms with van der Waals surface area (Å²) >= 11 is 0. The fourth-order valence-corrected chi connectivity index (χ4v) is 2.71. The van der Waals surface area contributed by atoms with Crippen LogP contribution in [0.2, 0.25) is 0 Å². The third kappa shape index (κ3) is 3.90. The van der Waals surface area contributed by atoms with E-state index in [-0.39, 0.29) is 0 Å². The molecule has 1 aliphatic heterocycles. The summed E-state index contributed by atoms with van der Waals surface area (Å²) in [6, 6.07) is 9.72. The fourth-order valence-electron chi connectivity index (χ4n) is 2.71. The maximum Gasteiger partial charge on any atom is 0.229 e. The molecule has 0 spiro atoms. The Morgan fingerprint density at radius 2 is 2.00 bits per heavy atom. The maximum atomic E-state index is 5.24. The van der Waals surface area contributed by atoms with Gasteiger partial charge in [0.1, 0.15) is 11.6 Å². The number of hydrogen-bond acceptors (Lipinski definition) is 6. The molecule has 3 rings (SSSR count). The Labute approximate surface area is 137 Å². The van der Waals surface area contributed by atoms with Crippen molar-refractivity contribution in [2.24, 2.45) is 0 Å². The first-order chi connectivity index (χ1) is 11.3. The first-order valence-corrected chi connectivity index (χ1v) is 8.00. The minimum Gasteiger partial charge on any atom is -0.497 e. The van der Waals surface area contributed by atoms with E-state index in [1.165, 1.54) is 0 Å². The van der Waals surface area contributed by atoms with Crippen LogP contribution in [-0.2, 0) is 0 Å². The second-order valence-electron chi connectivity index (χ2n) is 5.52. The zero-order valence-corrected chi connectivity index (χ0v) is 13.7. The van der Waals surface area contributed by atoms with E-state index in [9.17, 15) is 0 Å². The van der Waals surface area contributed by atoms with Gasteiger partial charge in [-0.15, -0.1) is 0 Å². The van der Waals surface area contributed by atoms with Crippen LogP contribution in [0.1, 0.15) is 6.92 Å². The van der Waals surface area contributed by atoms with Gasteiger partial charge in [-0.05, 0) is 24.7 Å². The molecule has 1 fully saturated rings. The molecule has 1 aromatic heterocycles. The molecule has 0 amide bonds. The molecule has 2 heterocycles. The summed E-state index contributed by atoms with van der Waals surface area (Å²) in [6.07, 6.45) is 1.80.